The minimum atomic E-state index is -0.814. The standard InChI is InChI=1S/C28H31O6P.3CO.Cr/c1-29-25-24-22(33-28(31-3)26(25)30-2)18-32-27(34-24)21-16-10-11-17-23(21)35(19-12-6-4-7-13-19)20-14-8-5-9-15-20;3*1-2;/h4-17,22,24-28H,18H2,1-3H3;;;;/t22?,24-,25+,26-,27-,28+;;;;/m1..../s1. The maximum atomic E-state index is 7.50. The van der Waals surface area contributed by atoms with Crippen LogP contribution in [0.1, 0.15) is 11.9 Å². The third-order valence-electron chi connectivity index (χ3n) is 6.52. The summed E-state index contributed by atoms with van der Waals surface area (Å²) in [5.41, 5.74) is 1.02. The molecular weight excluding hydrogens is 599 g/mol. The molecular formula is C31H31CrO9P. The molecule has 0 bridgehead atoms. The zero-order valence-electron chi connectivity index (χ0n) is 23.3. The molecule has 11 heteroatoms. The number of rotatable bonds is 7. The second-order valence-corrected chi connectivity index (χ2v) is 10.7. The topological polar surface area (TPSA) is 115 Å². The minimum Gasteiger partial charge on any atom is 0 e. The van der Waals surface area contributed by atoms with Gasteiger partial charge in [0, 0.05) is 44.3 Å². The van der Waals surface area contributed by atoms with Crippen molar-refractivity contribution in [3.63, 3.8) is 0 Å². The molecule has 2 saturated heterocycles. The molecule has 2 fully saturated rings. The van der Waals surface area contributed by atoms with Crippen molar-refractivity contribution in [1.82, 2.24) is 0 Å². The summed E-state index contributed by atoms with van der Waals surface area (Å²) in [6.07, 6.45) is -2.54. The normalized spacial score (nSPS) is 24.0. The van der Waals surface area contributed by atoms with Gasteiger partial charge in [-0.25, -0.2) is 0 Å². The van der Waals surface area contributed by atoms with Gasteiger partial charge in [-0.1, -0.05) is 84.9 Å². The van der Waals surface area contributed by atoms with Crippen LogP contribution in [0.3, 0.4) is 0 Å². The quantitative estimate of drug-likeness (QED) is 0.225. The Bertz CT molecular complexity index is 1170. The minimum absolute atomic E-state index is 0. The fourth-order valence-electron chi connectivity index (χ4n) is 4.88. The number of methoxy groups -OCH3 is 3. The van der Waals surface area contributed by atoms with E-state index in [4.69, 9.17) is 42.4 Å². The van der Waals surface area contributed by atoms with Crippen LogP contribution in [0.25, 0.3) is 0 Å². The molecule has 0 radical (unpaired) electrons. The molecule has 0 aliphatic carbocycles. The van der Waals surface area contributed by atoms with E-state index in [0.717, 1.165) is 5.56 Å². The molecule has 5 rings (SSSR count). The molecule has 0 amide bonds. The summed E-state index contributed by atoms with van der Waals surface area (Å²) in [6, 6.07) is 29.6. The Morgan fingerprint density at radius 3 is 1.67 bits per heavy atom. The van der Waals surface area contributed by atoms with E-state index in [0.29, 0.717) is 6.61 Å². The van der Waals surface area contributed by atoms with Crippen molar-refractivity contribution in [2.75, 3.05) is 27.9 Å². The molecule has 0 N–H and O–H groups in total. The van der Waals surface area contributed by atoms with E-state index in [1.165, 1.54) is 15.9 Å². The fourth-order valence-corrected chi connectivity index (χ4v) is 7.35. The Morgan fingerprint density at radius 1 is 0.667 bits per heavy atom. The van der Waals surface area contributed by atoms with Gasteiger partial charge in [-0.05, 0) is 23.8 Å². The van der Waals surface area contributed by atoms with Crippen LogP contribution in [0.4, 0.5) is 0 Å². The number of fused-ring (bicyclic) bond motifs is 1. The molecule has 42 heavy (non-hydrogen) atoms. The molecule has 3 aromatic rings. The van der Waals surface area contributed by atoms with Crippen LogP contribution >= 0.6 is 7.92 Å². The monoisotopic (exact) mass is 630 g/mol. The van der Waals surface area contributed by atoms with Crippen molar-refractivity contribution in [2.45, 2.75) is 37.0 Å². The summed E-state index contributed by atoms with van der Waals surface area (Å²) in [5.74, 6) is 0. The van der Waals surface area contributed by atoms with Gasteiger partial charge in [-0.3, -0.25) is 0 Å². The smallest absolute Gasteiger partial charge is 0 e. The maximum absolute atomic E-state index is 7.50. The van der Waals surface area contributed by atoms with E-state index >= 15 is 0 Å². The second-order valence-electron chi connectivity index (χ2n) is 8.51. The average Bonchev–Trinajstić information content (AvgIpc) is 3.07. The Labute approximate surface area is 258 Å². The van der Waals surface area contributed by atoms with Gasteiger partial charge in [-0.2, -0.15) is 0 Å². The third-order valence-corrected chi connectivity index (χ3v) is 9.04. The van der Waals surface area contributed by atoms with Gasteiger partial charge >= 0.3 is 33.9 Å². The van der Waals surface area contributed by atoms with Crippen LogP contribution in [-0.4, -0.2) is 58.6 Å². The van der Waals surface area contributed by atoms with Crippen molar-refractivity contribution in [3.05, 3.63) is 110 Å². The molecule has 0 saturated carbocycles. The van der Waals surface area contributed by atoms with Gasteiger partial charge < -0.3 is 28.4 Å². The summed E-state index contributed by atoms with van der Waals surface area (Å²) < 4.78 is 58.4. The number of ether oxygens (including phenoxy) is 6. The van der Waals surface area contributed by atoms with Gasteiger partial charge in [0.05, 0.1) is 6.61 Å². The van der Waals surface area contributed by atoms with Gasteiger partial charge in [-0.15, -0.1) is 0 Å². The van der Waals surface area contributed by atoms with E-state index in [-0.39, 0.29) is 35.7 Å². The molecule has 2 aliphatic rings. The Hall–Kier alpha value is -2.40. The molecule has 3 aromatic carbocycles. The predicted molar refractivity (Wildman–Crippen MR) is 148 cm³/mol. The summed E-state index contributed by atoms with van der Waals surface area (Å²) in [7, 11) is 4.08. The van der Waals surface area contributed by atoms with E-state index in [2.05, 4.69) is 98.8 Å². The van der Waals surface area contributed by atoms with Crippen LogP contribution in [-0.2, 0) is 59.7 Å². The first-order valence-corrected chi connectivity index (χ1v) is 13.7. The molecule has 1 unspecified atom stereocenters. The molecule has 0 aromatic heterocycles. The summed E-state index contributed by atoms with van der Waals surface area (Å²) >= 11 is 0. The number of benzene rings is 3. The van der Waals surface area contributed by atoms with Crippen LogP contribution in [0.15, 0.2) is 84.9 Å². The van der Waals surface area contributed by atoms with E-state index in [9.17, 15) is 0 Å². The third kappa shape index (κ3) is 8.81. The fraction of sp³-hybridized carbons (Fsp3) is 0.323. The van der Waals surface area contributed by atoms with E-state index < -0.39 is 26.6 Å². The first-order chi connectivity index (χ1) is 20.2. The molecule has 220 valence electrons. The SMILES string of the molecule is CO[C@H]1OC2CO[C@@H](c3ccccc3P(c3ccccc3)c3ccccc3)O[C@H]2[C@H](OC)[C@H]1OC.[C-]#[O+].[C-]#[O+].[C-]#[O+].[Cr]. The first kappa shape index (κ1) is 37.6. The first-order valence-electron chi connectivity index (χ1n) is 12.4. The van der Waals surface area contributed by atoms with Gasteiger partial charge in [0.2, 0.25) is 0 Å². The number of hydrogen-bond acceptors (Lipinski definition) is 6. The zero-order valence-corrected chi connectivity index (χ0v) is 25.5. The summed E-state index contributed by atoms with van der Waals surface area (Å²) in [4.78, 5) is 0. The van der Waals surface area contributed by atoms with Crippen molar-refractivity contribution >= 4 is 23.8 Å². The van der Waals surface area contributed by atoms with Gasteiger partial charge in [0.25, 0.3) is 0 Å². The van der Waals surface area contributed by atoms with Crippen LogP contribution in [0, 0.1) is 20.0 Å². The van der Waals surface area contributed by atoms with Crippen molar-refractivity contribution < 1.29 is 59.7 Å². The van der Waals surface area contributed by atoms with Crippen LogP contribution < -0.4 is 15.9 Å². The van der Waals surface area contributed by atoms with Crippen LogP contribution in [0.2, 0.25) is 0 Å². The van der Waals surface area contributed by atoms with E-state index in [1.807, 2.05) is 6.07 Å². The van der Waals surface area contributed by atoms with Gasteiger partial charge in [0.15, 0.2) is 12.6 Å². The molecule has 0 spiro atoms. The summed E-state index contributed by atoms with van der Waals surface area (Å²) in [5, 5.41) is 3.74. The van der Waals surface area contributed by atoms with Crippen molar-refractivity contribution in [2.24, 2.45) is 0 Å². The van der Waals surface area contributed by atoms with Crippen LogP contribution in [0.5, 0.6) is 0 Å². The molecule has 2 heterocycles. The molecule has 9 nitrogen and oxygen atoms in total. The second kappa shape index (κ2) is 20.5. The Balaban J connectivity index is 0.00000119. The largest absolute Gasteiger partial charge is 0 e. The maximum Gasteiger partial charge on any atom is 0 e. The number of hydrogen-bond donors (Lipinski definition) is 0. The molecule has 6 atom stereocenters. The summed E-state index contributed by atoms with van der Waals surface area (Å²) in [6.45, 7) is 13.9. The van der Waals surface area contributed by atoms with Gasteiger partial charge in [0.1, 0.15) is 24.4 Å². The Kier molecular flexibility index (Phi) is 18.4. The predicted octanol–water partition coefficient (Wildman–Crippen LogP) is 3.15. The van der Waals surface area contributed by atoms with E-state index in [1.54, 1.807) is 21.3 Å². The molecule has 2 aliphatic heterocycles. The average molecular weight is 631 g/mol. The van der Waals surface area contributed by atoms with Crippen molar-refractivity contribution in [1.29, 1.82) is 0 Å². The van der Waals surface area contributed by atoms with Crippen molar-refractivity contribution in [3.8, 4) is 0 Å². The zero-order chi connectivity index (χ0) is 30.2. The Morgan fingerprint density at radius 2 is 1.17 bits per heavy atom.